The topological polar surface area (TPSA) is 42.7 Å². The second kappa shape index (κ2) is 5.44. The molecular weight excluding hydrogens is 288 g/mol. The fraction of sp³-hybridized carbons (Fsp3) is 0.385. The zero-order valence-electron chi connectivity index (χ0n) is 11.7. The maximum absolute atomic E-state index is 13.8. The maximum atomic E-state index is 13.8. The summed E-state index contributed by atoms with van der Waals surface area (Å²) in [4.78, 5) is 0. The van der Waals surface area contributed by atoms with Gasteiger partial charge in [-0.05, 0) is 20.8 Å². The molecule has 8 heteroatoms. The normalized spacial score (nSPS) is 12.0. The summed E-state index contributed by atoms with van der Waals surface area (Å²) >= 11 is 0. The maximum Gasteiger partial charge on any atom is 0.187 e. The first-order chi connectivity index (χ1) is 9.70. The van der Waals surface area contributed by atoms with E-state index in [1.807, 2.05) is 20.8 Å². The third kappa shape index (κ3) is 3.21. The Labute approximate surface area is 118 Å². The molecule has 114 valence electrons. The Hall–Kier alpha value is -1.96. The van der Waals surface area contributed by atoms with Gasteiger partial charge in [0.2, 0.25) is 0 Å². The van der Waals surface area contributed by atoms with Gasteiger partial charge in [0.15, 0.2) is 23.3 Å². The minimum Gasteiger partial charge on any atom is -0.306 e. The summed E-state index contributed by atoms with van der Waals surface area (Å²) in [6.07, 6.45) is 1.26. The Morgan fingerprint density at radius 1 is 1.10 bits per heavy atom. The first kappa shape index (κ1) is 15.4. The van der Waals surface area contributed by atoms with Crippen molar-refractivity contribution in [3.63, 3.8) is 0 Å². The molecule has 0 fully saturated rings. The van der Waals surface area contributed by atoms with Crippen LogP contribution in [0.3, 0.4) is 0 Å². The van der Waals surface area contributed by atoms with E-state index in [1.165, 1.54) is 6.20 Å². The van der Waals surface area contributed by atoms with Crippen LogP contribution in [-0.2, 0) is 6.54 Å². The molecule has 0 aliphatic rings. The Morgan fingerprint density at radius 3 is 2.19 bits per heavy atom. The fourth-order valence-electron chi connectivity index (χ4n) is 1.67. The molecule has 0 aliphatic carbocycles. The molecule has 0 unspecified atom stereocenters. The van der Waals surface area contributed by atoms with Crippen LogP contribution in [0.25, 0.3) is 5.69 Å². The average Bonchev–Trinajstić information content (AvgIpc) is 2.82. The first-order valence-corrected chi connectivity index (χ1v) is 6.18. The zero-order chi connectivity index (χ0) is 15.8. The van der Waals surface area contributed by atoms with Crippen LogP contribution in [0, 0.1) is 23.3 Å². The second-order valence-corrected chi connectivity index (χ2v) is 5.56. The summed E-state index contributed by atoms with van der Waals surface area (Å²) in [5.74, 6) is -6.02. The molecule has 21 heavy (non-hydrogen) atoms. The summed E-state index contributed by atoms with van der Waals surface area (Å²) in [5.41, 5.74) is -0.914. The highest BCUT2D eigenvalue weighted by molar-refractivity contribution is 5.37. The van der Waals surface area contributed by atoms with Crippen LogP contribution in [-0.4, -0.2) is 20.5 Å². The molecule has 4 nitrogen and oxygen atoms in total. The number of benzene rings is 1. The molecule has 0 aliphatic heterocycles. The number of halogens is 4. The molecule has 0 amide bonds. The number of nitrogens with zero attached hydrogens (tertiary/aromatic N) is 3. The third-order valence-electron chi connectivity index (χ3n) is 2.72. The van der Waals surface area contributed by atoms with Crippen LogP contribution in [0.5, 0.6) is 0 Å². The van der Waals surface area contributed by atoms with Gasteiger partial charge in [0.05, 0.1) is 11.9 Å². The summed E-state index contributed by atoms with van der Waals surface area (Å²) < 4.78 is 54.8. The van der Waals surface area contributed by atoms with Gasteiger partial charge in [-0.1, -0.05) is 5.21 Å². The Balaban J connectivity index is 2.47. The Morgan fingerprint density at radius 2 is 1.67 bits per heavy atom. The third-order valence-corrected chi connectivity index (χ3v) is 2.72. The molecule has 2 aromatic rings. The Kier molecular flexibility index (Phi) is 3.99. The molecule has 0 atom stereocenters. The number of rotatable bonds is 3. The monoisotopic (exact) mass is 302 g/mol. The van der Waals surface area contributed by atoms with Crippen molar-refractivity contribution >= 4 is 0 Å². The quantitative estimate of drug-likeness (QED) is 0.700. The standard InChI is InChI=1S/C13H14F4N4/c1-13(2,3)18-5-7-6-19-20-21(7)12-10(16)8(14)4-9(15)11(12)17/h4,6,18H,5H2,1-3H3. The number of nitrogens with one attached hydrogen (secondary N) is 1. The molecule has 2 rings (SSSR count). The average molecular weight is 302 g/mol. The molecule has 0 spiro atoms. The van der Waals surface area contributed by atoms with Crippen molar-refractivity contribution in [3.8, 4) is 5.69 Å². The summed E-state index contributed by atoms with van der Waals surface area (Å²) in [6, 6.07) is 0.151. The summed E-state index contributed by atoms with van der Waals surface area (Å²) in [7, 11) is 0. The van der Waals surface area contributed by atoms with Crippen molar-refractivity contribution < 1.29 is 17.6 Å². The predicted octanol–water partition coefficient (Wildman–Crippen LogP) is 2.71. The van der Waals surface area contributed by atoms with E-state index in [1.54, 1.807) is 0 Å². The van der Waals surface area contributed by atoms with E-state index >= 15 is 0 Å². The van der Waals surface area contributed by atoms with Crippen LogP contribution >= 0.6 is 0 Å². The molecule has 0 saturated heterocycles. The smallest absolute Gasteiger partial charge is 0.187 e. The number of hydrogen-bond donors (Lipinski definition) is 1. The largest absolute Gasteiger partial charge is 0.306 e. The van der Waals surface area contributed by atoms with E-state index in [-0.39, 0.29) is 23.8 Å². The fourth-order valence-corrected chi connectivity index (χ4v) is 1.67. The minimum atomic E-state index is -1.52. The molecule has 0 radical (unpaired) electrons. The molecule has 1 N–H and O–H groups in total. The van der Waals surface area contributed by atoms with Crippen molar-refractivity contribution in [2.24, 2.45) is 0 Å². The van der Waals surface area contributed by atoms with E-state index in [4.69, 9.17) is 0 Å². The van der Waals surface area contributed by atoms with E-state index in [0.717, 1.165) is 4.68 Å². The van der Waals surface area contributed by atoms with Crippen molar-refractivity contribution in [1.82, 2.24) is 20.3 Å². The molecule has 1 aromatic carbocycles. The van der Waals surface area contributed by atoms with Gasteiger partial charge in [0, 0.05) is 18.2 Å². The summed E-state index contributed by atoms with van der Waals surface area (Å²) in [5, 5.41) is 10.1. The van der Waals surface area contributed by atoms with Gasteiger partial charge in [-0.15, -0.1) is 5.10 Å². The SMILES string of the molecule is CC(C)(C)NCc1cnnn1-c1c(F)c(F)cc(F)c1F. The van der Waals surface area contributed by atoms with E-state index in [0.29, 0.717) is 0 Å². The summed E-state index contributed by atoms with van der Waals surface area (Å²) in [6.45, 7) is 5.85. The highest BCUT2D eigenvalue weighted by Crippen LogP contribution is 2.23. The molecule has 1 aromatic heterocycles. The first-order valence-electron chi connectivity index (χ1n) is 6.18. The van der Waals surface area contributed by atoms with Crippen molar-refractivity contribution in [2.45, 2.75) is 32.9 Å². The van der Waals surface area contributed by atoms with Gasteiger partial charge in [-0.2, -0.15) is 0 Å². The molecule has 0 bridgehead atoms. The number of hydrogen-bond acceptors (Lipinski definition) is 3. The predicted molar refractivity (Wildman–Crippen MR) is 67.8 cm³/mol. The second-order valence-electron chi connectivity index (χ2n) is 5.56. The lowest BCUT2D eigenvalue weighted by Gasteiger charge is -2.20. The van der Waals surface area contributed by atoms with Gasteiger partial charge < -0.3 is 5.32 Å². The van der Waals surface area contributed by atoms with Crippen molar-refractivity contribution in [2.75, 3.05) is 0 Å². The molecule has 1 heterocycles. The van der Waals surface area contributed by atoms with Gasteiger partial charge in [0.25, 0.3) is 0 Å². The van der Waals surface area contributed by atoms with Crippen molar-refractivity contribution in [3.05, 3.63) is 41.2 Å². The van der Waals surface area contributed by atoms with Crippen molar-refractivity contribution in [1.29, 1.82) is 0 Å². The van der Waals surface area contributed by atoms with Gasteiger partial charge in [-0.25, -0.2) is 22.2 Å². The van der Waals surface area contributed by atoms with E-state index in [2.05, 4.69) is 15.6 Å². The van der Waals surface area contributed by atoms with Crippen LogP contribution in [0.2, 0.25) is 0 Å². The molecule has 0 saturated carbocycles. The Bertz CT molecular complexity index is 635. The molecular formula is C13H14F4N4. The van der Waals surface area contributed by atoms with Crippen LogP contribution in [0.15, 0.2) is 12.3 Å². The minimum absolute atomic E-state index is 0.151. The van der Waals surface area contributed by atoms with E-state index < -0.39 is 29.0 Å². The highest BCUT2D eigenvalue weighted by atomic mass is 19.2. The van der Waals surface area contributed by atoms with Gasteiger partial charge in [0.1, 0.15) is 5.69 Å². The lowest BCUT2D eigenvalue weighted by Crippen LogP contribution is -2.35. The van der Waals surface area contributed by atoms with Crippen LogP contribution in [0.1, 0.15) is 26.5 Å². The van der Waals surface area contributed by atoms with E-state index in [9.17, 15) is 17.6 Å². The van der Waals surface area contributed by atoms with Crippen LogP contribution in [0.4, 0.5) is 17.6 Å². The lowest BCUT2D eigenvalue weighted by molar-refractivity contribution is 0.413. The van der Waals surface area contributed by atoms with Gasteiger partial charge >= 0.3 is 0 Å². The highest BCUT2D eigenvalue weighted by Gasteiger charge is 2.23. The van der Waals surface area contributed by atoms with Crippen LogP contribution < -0.4 is 5.32 Å². The lowest BCUT2D eigenvalue weighted by atomic mass is 10.1. The van der Waals surface area contributed by atoms with Gasteiger partial charge in [-0.3, -0.25) is 0 Å². The number of aromatic nitrogens is 3. The zero-order valence-corrected chi connectivity index (χ0v) is 11.7.